The molecule has 3 aromatic rings. The van der Waals surface area contributed by atoms with Crippen LogP contribution in [0.4, 0.5) is 0 Å². The number of hydrogen-bond donors (Lipinski definition) is 0. The molecule has 0 saturated heterocycles. The van der Waals surface area contributed by atoms with Gasteiger partial charge in [-0.1, -0.05) is 48.0 Å². The van der Waals surface area contributed by atoms with Gasteiger partial charge in [-0.3, -0.25) is 4.79 Å². The fourth-order valence-electron chi connectivity index (χ4n) is 2.58. The number of rotatable bonds is 2. The summed E-state index contributed by atoms with van der Waals surface area (Å²) in [5, 5.41) is 2.94. The number of carbonyl (C=O) groups excluding carboxylic acids is 1. The molecule has 0 aliphatic carbocycles. The minimum Gasteiger partial charge on any atom is -0.298 e. The van der Waals surface area contributed by atoms with E-state index in [1.54, 1.807) is 0 Å². The van der Waals surface area contributed by atoms with E-state index in [9.17, 15) is 4.79 Å². The van der Waals surface area contributed by atoms with Crippen molar-refractivity contribution >= 4 is 28.7 Å². The predicted octanol–water partition coefficient (Wildman–Crippen LogP) is 5.28. The molecule has 98 valence electrons. The lowest BCUT2D eigenvalue weighted by atomic mass is 9.91. The largest absolute Gasteiger partial charge is 0.298 e. The molecule has 0 saturated carbocycles. The second kappa shape index (κ2) is 5.10. The maximum atomic E-state index is 11.3. The van der Waals surface area contributed by atoms with Crippen molar-refractivity contribution in [1.29, 1.82) is 0 Å². The average molecular weight is 281 g/mol. The smallest absolute Gasteiger partial charge is 0.150 e. The summed E-state index contributed by atoms with van der Waals surface area (Å²) in [6.07, 6.45) is 0.918. The quantitative estimate of drug-likeness (QED) is 0.584. The number of benzene rings is 3. The molecule has 0 bridgehead atoms. The molecular formula is C18H13ClO. The molecule has 0 unspecified atom stereocenters. The van der Waals surface area contributed by atoms with Crippen molar-refractivity contribution in [2.24, 2.45) is 0 Å². The first kappa shape index (κ1) is 12.9. The summed E-state index contributed by atoms with van der Waals surface area (Å²) in [4.78, 5) is 11.3. The summed E-state index contributed by atoms with van der Waals surface area (Å²) in [6.45, 7) is 1.99. The first-order chi connectivity index (χ1) is 9.70. The normalized spacial score (nSPS) is 10.7. The van der Waals surface area contributed by atoms with Crippen molar-refractivity contribution < 1.29 is 4.79 Å². The van der Waals surface area contributed by atoms with Gasteiger partial charge in [0.25, 0.3) is 0 Å². The Labute approximate surface area is 122 Å². The number of carbonyl (C=O) groups is 1. The lowest BCUT2D eigenvalue weighted by molar-refractivity contribution is 0.112. The van der Waals surface area contributed by atoms with Gasteiger partial charge in [0.1, 0.15) is 6.29 Å². The van der Waals surface area contributed by atoms with Crippen LogP contribution >= 0.6 is 11.6 Å². The van der Waals surface area contributed by atoms with Crippen molar-refractivity contribution in [3.05, 3.63) is 70.7 Å². The van der Waals surface area contributed by atoms with Crippen LogP contribution in [0, 0.1) is 6.92 Å². The molecule has 0 fully saturated rings. The highest BCUT2D eigenvalue weighted by Gasteiger charge is 2.11. The number of aldehydes is 1. The Morgan fingerprint density at radius 2 is 1.70 bits per heavy atom. The van der Waals surface area contributed by atoms with E-state index in [0.717, 1.165) is 39.3 Å². The van der Waals surface area contributed by atoms with Crippen molar-refractivity contribution in [1.82, 2.24) is 0 Å². The Balaban J connectivity index is 2.40. The average Bonchev–Trinajstić information content (AvgIpc) is 2.48. The van der Waals surface area contributed by atoms with Gasteiger partial charge in [-0.2, -0.15) is 0 Å². The van der Waals surface area contributed by atoms with Gasteiger partial charge in [-0.05, 0) is 52.6 Å². The third kappa shape index (κ3) is 2.10. The zero-order valence-electron chi connectivity index (χ0n) is 11.1. The van der Waals surface area contributed by atoms with Gasteiger partial charge in [-0.25, -0.2) is 0 Å². The lowest BCUT2D eigenvalue weighted by Gasteiger charge is -2.13. The first-order valence-electron chi connectivity index (χ1n) is 6.44. The minimum absolute atomic E-state index is 0.710. The summed E-state index contributed by atoms with van der Waals surface area (Å²) in [5.41, 5.74) is 3.91. The van der Waals surface area contributed by atoms with Crippen molar-refractivity contribution in [3.63, 3.8) is 0 Å². The summed E-state index contributed by atoms with van der Waals surface area (Å²) in [5.74, 6) is 0. The van der Waals surface area contributed by atoms with Gasteiger partial charge in [0, 0.05) is 10.6 Å². The molecule has 0 heterocycles. The first-order valence-corrected chi connectivity index (χ1v) is 6.82. The topological polar surface area (TPSA) is 17.1 Å². The van der Waals surface area contributed by atoms with E-state index in [4.69, 9.17) is 11.6 Å². The standard InChI is InChI=1S/C18H13ClO/c1-12-15(11-20)10-14-4-2-3-5-17(14)18(12)13-6-8-16(19)9-7-13/h2-11H,1H3. The van der Waals surface area contributed by atoms with Crippen molar-refractivity contribution in [2.45, 2.75) is 6.92 Å². The third-order valence-electron chi connectivity index (χ3n) is 3.61. The highest BCUT2D eigenvalue weighted by Crippen LogP contribution is 2.34. The molecule has 3 aromatic carbocycles. The Morgan fingerprint density at radius 1 is 1.00 bits per heavy atom. The van der Waals surface area contributed by atoms with Crippen LogP contribution < -0.4 is 0 Å². The summed E-state index contributed by atoms with van der Waals surface area (Å²) < 4.78 is 0. The highest BCUT2D eigenvalue weighted by atomic mass is 35.5. The van der Waals surface area contributed by atoms with Crippen LogP contribution in [-0.2, 0) is 0 Å². The molecule has 1 nitrogen and oxygen atoms in total. The molecular weight excluding hydrogens is 268 g/mol. The Bertz CT molecular complexity index is 788. The van der Waals surface area contributed by atoms with Gasteiger partial charge in [0.2, 0.25) is 0 Å². The summed E-state index contributed by atoms with van der Waals surface area (Å²) in [7, 11) is 0. The highest BCUT2D eigenvalue weighted by molar-refractivity contribution is 6.30. The van der Waals surface area contributed by atoms with E-state index < -0.39 is 0 Å². The van der Waals surface area contributed by atoms with Crippen molar-refractivity contribution in [3.8, 4) is 11.1 Å². The Hall–Kier alpha value is -2.12. The molecule has 0 radical (unpaired) electrons. The molecule has 3 rings (SSSR count). The lowest BCUT2D eigenvalue weighted by Crippen LogP contribution is -1.93. The molecule has 0 amide bonds. The summed E-state index contributed by atoms with van der Waals surface area (Å²) in [6, 6.07) is 17.8. The molecule has 0 N–H and O–H groups in total. The van der Waals surface area contributed by atoms with Crippen LogP contribution in [0.2, 0.25) is 5.02 Å². The fourth-order valence-corrected chi connectivity index (χ4v) is 2.71. The fraction of sp³-hybridized carbons (Fsp3) is 0.0556. The molecule has 0 spiro atoms. The van der Waals surface area contributed by atoms with E-state index in [1.807, 2.05) is 55.5 Å². The van der Waals surface area contributed by atoms with Gasteiger partial charge in [-0.15, -0.1) is 0 Å². The summed E-state index contributed by atoms with van der Waals surface area (Å²) >= 11 is 5.96. The van der Waals surface area contributed by atoms with Gasteiger partial charge >= 0.3 is 0 Å². The molecule has 0 aliphatic heterocycles. The van der Waals surface area contributed by atoms with Gasteiger partial charge in [0.15, 0.2) is 0 Å². The van der Waals surface area contributed by atoms with Gasteiger partial charge < -0.3 is 0 Å². The van der Waals surface area contributed by atoms with Crippen LogP contribution in [0.5, 0.6) is 0 Å². The number of hydrogen-bond acceptors (Lipinski definition) is 1. The van der Waals surface area contributed by atoms with Gasteiger partial charge in [0.05, 0.1) is 0 Å². The van der Waals surface area contributed by atoms with Crippen LogP contribution in [0.1, 0.15) is 15.9 Å². The van der Waals surface area contributed by atoms with Crippen molar-refractivity contribution in [2.75, 3.05) is 0 Å². The maximum Gasteiger partial charge on any atom is 0.150 e. The van der Waals surface area contributed by atoms with Crippen LogP contribution in [0.3, 0.4) is 0 Å². The number of halogens is 1. The van der Waals surface area contributed by atoms with E-state index in [1.165, 1.54) is 0 Å². The molecule has 0 aromatic heterocycles. The maximum absolute atomic E-state index is 11.3. The zero-order chi connectivity index (χ0) is 14.1. The molecule has 0 aliphatic rings. The third-order valence-corrected chi connectivity index (χ3v) is 3.86. The molecule has 20 heavy (non-hydrogen) atoms. The molecule has 0 atom stereocenters. The second-order valence-electron chi connectivity index (χ2n) is 4.81. The van der Waals surface area contributed by atoms with Crippen LogP contribution in [0.15, 0.2) is 54.6 Å². The van der Waals surface area contributed by atoms with E-state index in [-0.39, 0.29) is 0 Å². The second-order valence-corrected chi connectivity index (χ2v) is 5.25. The molecule has 2 heteroatoms. The zero-order valence-corrected chi connectivity index (χ0v) is 11.8. The SMILES string of the molecule is Cc1c(C=O)cc2ccccc2c1-c1ccc(Cl)cc1. The number of fused-ring (bicyclic) bond motifs is 1. The Morgan fingerprint density at radius 3 is 2.40 bits per heavy atom. The van der Waals surface area contributed by atoms with Crippen LogP contribution in [0.25, 0.3) is 21.9 Å². The van der Waals surface area contributed by atoms with E-state index in [2.05, 4.69) is 6.07 Å². The van der Waals surface area contributed by atoms with Crippen LogP contribution in [-0.4, -0.2) is 6.29 Å². The predicted molar refractivity (Wildman–Crippen MR) is 84.5 cm³/mol. The Kier molecular flexibility index (Phi) is 3.29. The van der Waals surface area contributed by atoms with E-state index >= 15 is 0 Å². The minimum atomic E-state index is 0.710. The van der Waals surface area contributed by atoms with E-state index in [0.29, 0.717) is 5.02 Å². The monoisotopic (exact) mass is 280 g/mol.